The molecule has 0 bridgehead atoms. The molecule has 0 aromatic heterocycles. The molecule has 0 radical (unpaired) electrons. The fraction of sp³-hybridized carbons (Fsp3) is 0.667. The van der Waals surface area contributed by atoms with Gasteiger partial charge in [0.15, 0.2) is 0 Å². The summed E-state index contributed by atoms with van der Waals surface area (Å²) in [4.78, 5) is 70.8. The Morgan fingerprint density at radius 2 is 1.44 bits per heavy atom. The average Bonchev–Trinajstić information content (AvgIpc) is 2.67. The Morgan fingerprint density at radius 1 is 0.875 bits per heavy atom. The maximum absolute atomic E-state index is 12.7. The van der Waals surface area contributed by atoms with Crippen molar-refractivity contribution in [2.75, 3.05) is 12.0 Å². The van der Waals surface area contributed by atoms with Crippen LogP contribution in [0.4, 0.5) is 0 Å². The van der Waals surface area contributed by atoms with Crippen LogP contribution >= 0.6 is 11.8 Å². The third-order valence-corrected chi connectivity index (χ3v) is 4.89. The maximum atomic E-state index is 12.7. The van der Waals surface area contributed by atoms with Crippen LogP contribution < -0.4 is 27.4 Å². The monoisotopic (exact) mass is 477 g/mol. The molecule has 13 nitrogen and oxygen atoms in total. The summed E-state index contributed by atoms with van der Waals surface area (Å²) in [6.07, 6.45) is 0.635. The first-order chi connectivity index (χ1) is 14.8. The van der Waals surface area contributed by atoms with E-state index < -0.39 is 78.5 Å². The number of nitrogens with one attached hydrogen (secondary N) is 3. The van der Waals surface area contributed by atoms with Crippen LogP contribution in [0, 0.1) is 5.92 Å². The third-order valence-electron chi connectivity index (χ3n) is 4.25. The number of carboxylic acid groups (broad SMARTS) is 2. The van der Waals surface area contributed by atoms with Crippen molar-refractivity contribution in [3.8, 4) is 0 Å². The van der Waals surface area contributed by atoms with Crippen molar-refractivity contribution < 1.29 is 39.0 Å². The zero-order chi connectivity index (χ0) is 25.0. The van der Waals surface area contributed by atoms with E-state index in [2.05, 4.69) is 10.6 Å². The Balaban J connectivity index is 5.42. The minimum atomic E-state index is -1.79. The van der Waals surface area contributed by atoms with E-state index >= 15 is 0 Å². The number of carbonyl (C=O) groups is 6. The second-order valence-electron chi connectivity index (χ2n) is 7.35. The number of primary amides is 1. The van der Waals surface area contributed by atoms with Gasteiger partial charge in [-0.3, -0.25) is 24.0 Å². The van der Waals surface area contributed by atoms with Gasteiger partial charge < -0.3 is 37.6 Å². The normalized spacial score (nSPS) is 14.5. The molecule has 4 amide bonds. The molecule has 0 aliphatic heterocycles. The zero-order valence-corrected chi connectivity index (χ0v) is 18.9. The number of carbonyl (C=O) groups excluding carboxylic acids is 4. The van der Waals surface area contributed by atoms with Crippen LogP contribution in [0.5, 0.6) is 0 Å². The van der Waals surface area contributed by atoms with Crippen molar-refractivity contribution in [3.05, 3.63) is 0 Å². The summed E-state index contributed by atoms with van der Waals surface area (Å²) in [7, 11) is 0. The molecule has 0 aliphatic rings. The molecule has 0 saturated heterocycles. The van der Waals surface area contributed by atoms with Gasteiger partial charge in [-0.2, -0.15) is 11.8 Å². The van der Waals surface area contributed by atoms with Crippen LogP contribution in [-0.2, 0) is 28.8 Å². The molecule has 9 N–H and O–H groups in total. The molecule has 0 fully saturated rings. The third kappa shape index (κ3) is 10.9. The Morgan fingerprint density at radius 3 is 1.88 bits per heavy atom. The van der Waals surface area contributed by atoms with Crippen LogP contribution in [0.1, 0.15) is 33.1 Å². The summed E-state index contributed by atoms with van der Waals surface area (Å²) >= 11 is 1.50. The molecule has 0 heterocycles. The van der Waals surface area contributed by atoms with Gasteiger partial charge in [0.05, 0.1) is 18.9 Å². The molecule has 14 heteroatoms. The number of nitrogens with two attached hydrogens (primary N) is 2. The first-order valence-corrected chi connectivity index (χ1v) is 11.1. The number of thioether (sulfide) groups is 1. The highest BCUT2D eigenvalue weighted by molar-refractivity contribution is 7.98. The van der Waals surface area contributed by atoms with Crippen LogP contribution in [0.15, 0.2) is 0 Å². The molecular weight excluding hydrogens is 446 g/mol. The molecule has 0 spiro atoms. The minimum Gasteiger partial charge on any atom is -0.481 e. The maximum Gasteiger partial charge on any atom is 0.326 e. The van der Waals surface area contributed by atoms with E-state index in [4.69, 9.17) is 21.7 Å². The lowest BCUT2D eigenvalue weighted by Gasteiger charge is -2.26. The molecule has 32 heavy (non-hydrogen) atoms. The smallest absolute Gasteiger partial charge is 0.326 e. The topological polar surface area (TPSA) is 231 Å². The largest absolute Gasteiger partial charge is 0.481 e. The number of amides is 4. The van der Waals surface area contributed by atoms with Crippen molar-refractivity contribution in [2.24, 2.45) is 17.4 Å². The molecule has 4 unspecified atom stereocenters. The van der Waals surface area contributed by atoms with E-state index in [1.807, 2.05) is 11.6 Å². The highest BCUT2D eigenvalue weighted by Crippen LogP contribution is 2.06. The Labute approximate surface area is 189 Å². The predicted molar refractivity (Wildman–Crippen MR) is 115 cm³/mol. The highest BCUT2D eigenvalue weighted by atomic mass is 32.2. The fourth-order valence-electron chi connectivity index (χ4n) is 2.49. The Hall–Kier alpha value is -2.87. The van der Waals surface area contributed by atoms with Gasteiger partial charge in [0.1, 0.15) is 18.1 Å². The van der Waals surface area contributed by atoms with Gasteiger partial charge in [-0.05, 0) is 24.3 Å². The predicted octanol–water partition coefficient (Wildman–Crippen LogP) is -2.39. The van der Waals surface area contributed by atoms with Crippen molar-refractivity contribution in [2.45, 2.75) is 57.3 Å². The number of hydrogen-bond acceptors (Lipinski definition) is 8. The van der Waals surface area contributed by atoms with E-state index in [-0.39, 0.29) is 0 Å². The number of carboxylic acids is 2. The van der Waals surface area contributed by atoms with E-state index in [1.165, 1.54) is 11.8 Å². The molecule has 182 valence electrons. The molecule has 4 atom stereocenters. The fourth-order valence-corrected chi connectivity index (χ4v) is 2.98. The second-order valence-corrected chi connectivity index (χ2v) is 8.33. The van der Waals surface area contributed by atoms with Crippen molar-refractivity contribution in [1.29, 1.82) is 0 Å². The summed E-state index contributed by atoms with van der Waals surface area (Å²) < 4.78 is 0. The summed E-state index contributed by atoms with van der Waals surface area (Å²) in [6.45, 7) is 3.27. The van der Waals surface area contributed by atoms with Gasteiger partial charge in [0.25, 0.3) is 0 Å². The number of aliphatic carboxylic acids is 2. The molecular formula is C18H31N5O8S. The van der Waals surface area contributed by atoms with Gasteiger partial charge in [-0.15, -0.1) is 0 Å². The standard InChI is InChI=1S/C18H31N5O8S/c1-8(2)14(23-15(27)9(19)4-5-32-3)17(29)21-10(6-12(20)24)16(28)22-11(18(30)31)7-13(25)26/h8-11,14H,4-7,19H2,1-3H3,(H2,20,24)(H,21,29)(H,22,28)(H,23,27)(H,25,26)(H,30,31). The van der Waals surface area contributed by atoms with E-state index in [0.717, 1.165) is 0 Å². The van der Waals surface area contributed by atoms with Crippen LogP contribution in [0.3, 0.4) is 0 Å². The highest BCUT2D eigenvalue weighted by Gasteiger charge is 2.32. The molecule has 0 rings (SSSR count). The van der Waals surface area contributed by atoms with Gasteiger partial charge in [-0.25, -0.2) is 4.79 Å². The van der Waals surface area contributed by atoms with Crippen LogP contribution in [0.2, 0.25) is 0 Å². The first-order valence-electron chi connectivity index (χ1n) is 9.68. The quantitative estimate of drug-likeness (QED) is 0.132. The van der Waals surface area contributed by atoms with Gasteiger partial charge >= 0.3 is 11.9 Å². The Kier molecular flexibility index (Phi) is 13.0. The molecule has 0 saturated carbocycles. The summed E-state index contributed by atoms with van der Waals surface area (Å²) in [5.74, 6) is -6.37. The van der Waals surface area contributed by atoms with E-state index in [1.54, 1.807) is 13.8 Å². The van der Waals surface area contributed by atoms with Crippen LogP contribution in [-0.4, -0.2) is 82.0 Å². The van der Waals surface area contributed by atoms with Crippen molar-refractivity contribution in [3.63, 3.8) is 0 Å². The van der Waals surface area contributed by atoms with Crippen molar-refractivity contribution in [1.82, 2.24) is 16.0 Å². The molecule has 0 aromatic rings. The number of rotatable bonds is 15. The Bertz CT molecular complexity index is 717. The lowest BCUT2D eigenvalue weighted by Crippen LogP contribution is -2.59. The SMILES string of the molecule is CSCCC(N)C(=O)NC(C(=O)NC(CC(N)=O)C(=O)NC(CC(=O)O)C(=O)O)C(C)C. The molecule has 0 aromatic carbocycles. The van der Waals surface area contributed by atoms with E-state index in [9.17, 15) is 28.8 Å². The average molecular weight is 478 g/mol. The van der Waals surface area contributed by atoms with Gasteiger partial charge in [-0.1, -0.05) is 13.8 Å². The van der Waals surface area contributed by atoms with E-state index in [0.29, 0.717) is 12.2 Å². The number of hydrogen-bond donors (Lipinski definition) is 7. The first kappa shape index (κ1) is 29.1. The lowest BCUT2D eigenvalue weighted by atomic mass is 10.0. The summed E-state index contributed by atoms with van der Waals surface area (Å²) in [5.41, 5.74) is 10.9. The second kappa shape index (κ2) is 14.2. The lowest BCUT2D eigenvalue weighted by molar-refractivity contribution is -0.147. The zero-order valence-electron chi connectivity index (χ0n) is 18.1. The minimum absolute atomic E-state index is 0.381. The van der Waals surface area contributed by atoms with Gasteiger partial charge in [0.2, 0.25) is 23.6 Å². The van der Waals surface area contributed by atoms with Crippen molar-refractivity contribution >= 4 is 47.3 Å². The summed E-state index contributed by atoms with van der Waals surface area (Å²) in [6, 6.07) is -5.34. The molecule has 0 aliphatic carbocycles. The van der Waals surface area contributed by atoms with Gasteiger partial charge in [0, 0.05) is 0 Å². The summed E-state index contributed by atoms with van der Waals surface area (Å²) in [5, 5.41) is 24.6. The van der Waals surface area contributed by atoms with Crippen LogP contribution in [0.25, 0.3) is 0 Å².